The molecular weight excluding hydrogens is 338 g/mol. The molecule has 27 heavy (non-hydrogen) atoms. The zero-order valence-electron chi connectivity index (χ0n) is 16.8. The fraction of sp³-hybridized carbons (Fsp3) is 0.591. The van der Waals surface area contributed by atoms with Gasteiger partial charge in [-0.3, -0.25) is 14.2 Å². The topological polar surface area (TPSA) is 55.2 Å². The molecular formula is C22H31N3O2. The molecule has 1 unspecified atom stereocenters. The summed E-state index contributed by atoms with van der Waals surface area (Å²) >= 11 is 0. The summed E-state index contributed by atoms with van der Waals surface area (Å²) in [5.74, 6) is 0.868. The summed E-state index contributed by atoms with van der Waals surface area (Å²) in [6.45, 7) is 4.13. The SMILES string of the molecule is CCCCC(=O)N(C1CCCCC1)C(C)c1nc2ccccc2c(=O)n1C. The van der Waals surface area contributed by atoms with E-state index in [1.807, 2.05) is 36.1 Å². The molecule has 1 heterocycles. The van der Waals surface area contributed by atoms with Gasteiger partial charge in [0.1, 0.15) is 5.82 Å². The summed E-state index contributed by atoms with van der Waals surface area (Å²) in [6.07, 6.45) is 8.14. The van der Waals surface area contributed by atoms with Crippen molar-refractivity contribution in [2.24, 2.45) is 7.05 Å². The number of unbranched alkanes of at least 4 members (excludes halogenated alkanes) is 1. The highest BCUT2D eigenvalue weighted by molar-refractivity contribution is 5.78. The van der Waals surface area contributed by atoms with Crippen LogP contribution in [0.3, 0.4) is 0 Å². The summed E-state index contributed by atoms with van der Waals surface area (Å²) in [6, 6.07) is 7.48. The van der Waals surface area contributed by atoms with E-state index in [-0.39, 0.29) is 23.6 Å². The van der Waals surface area contributed by atoms with E-state index in [0.717, 1.165) is 25.7 Å². The molecule has 1 aromatic heterocycles. The van der Waals surface area contributed by atoms with Gasteiger partial charge in [-0.05, 0) is 38.3 Å². The average Bonchev–Trinajstić information content (AvgIpc) is 2.70. The smallest absolute Gasteiger partial charge is 0.261 e. The van der Waals surface area contributed by atoms with E-state index in [1.54, 1.807) is 11.6 Å². The first-order valence-electron chi connectivity index (χ1n) is 10.3. The normalized spacial score (nSPS) is 16.4. The molecule has 0 spiro atoms. The number of carbonyl (C=O) groups excluding carboxylic acids is 1. The number of fused-ring (bicyclic) bond motifs is 1. The first-order chi connectivity index (χ1) is 13.0. The highest BCUT2D eigenvalue weighted by Gasteiger charge is 2.31. The Morgan fingerprint density at radius 2 is 1.96 bits per heavy atom. The molecule has 1 aromatic carbocycles. The largest absolute Gasteiger partial charge is 0.330 e. The van der Waals surface area contributed by atoms with E-state index in [9.17, 15) is 9.59 Å². The Bertz CT molecular complexity index is 852. The number of para-hydroxylation sites is 1. The molecule has 1 aliphatic carbocycles. The zero-order valence-corrected chi connectivity index (χ0v) is 16.8. The van der Waals surface area contributed by atoms with Crippen molar-refractivity contribution in [3.8, 4) is 0 Å². The highest BCUT2D eigenvalue weighted by Crippen LogP contribution is 2.30. The molecule has 1 saturated carbocycles. The zero-order chi connectivity index (χ0) is 19.4. The molecule has 1 atom stereocenters. The van der Waals surface area contributed by atoms with Gasteiger partial charge in [-0.2, -0.15) is 0 Å². The van der Waals surface area contributed by atoms with Crippen molar-refractivity contribution in [2.45, 2.75) is 77.3 Å². The third-order valence-electron chi connectivity index (χ3n) is 5.81. The Labute approximate surface area is 161 Å². The number of aromatic nitrogens is 2. The maximum absolute atomic E-state index is 13.1. The van der Waals surface area contributed by atoms with Crippen molar-refractivity contribution in [3.05, 3.63) is 40.4 Å². The number of hydrogen-bond acceptors (Lipinski definition) is 3. The monoisotopic (exact) mass is 369 g/mol. The second-order valence-electron chi connectivity index (χ2n) is 7.72. The van der Waals surface area contributed by atoms with Gasteiger partial charge in [0.25, 0.3) is 5.56 Å². The predicted molar refractivity (Wildman–Crippen MR) is 109 cm³/mol. The van der Waals surface area contributed by atoms with E-state index in [0.29, 0.717) is 23.1 Å². The van der Waals surface area contributed by atoms with Crippen molar-refractivity contribution in [2.75, 3.05) is 0 Å². The number of amides is 1. The van der Waals surface area contributed by atoms with E-state index in [1.165, 1.54) is 19.3 Å². The lowest BCUT2D eigenvalue weighted by molar-refractivity contribution is -0.137. The Kier molecular flexibility index (Phi) is 6.30. The van der Waals surface area contributed by atoms with Crippen LogP contribution in [0.25, 0.3) is 10.9 Å². The van der Waals surface area contributed by atoms with Gasteiger partial charge in [-0.25, -0.2) is 4.98 Å². The van der Waals surface area contributed by atoms with E-state index < -0.39 is 0 Å². The van der Waals surface area contributed by atoms with Crippen LogP contribution in [0.2, 0.25) is 0 Å². The summed E-state index contributed by atoms with van der Waals surface area (Å²) in [5, 5.41) is 0.623. The van der Waals surface area contributed by atoms with Crippen molar-refractivity contribution in [1.82, 2.24) is 14.5 Å². The molecule has 1 aliphatic rings. The molecule has 1 amide bonds. The lowest BCUT2D eigenvalue weighted by Gasteiger charge is -2.39. The maximum Gasteiger partial charge on any atom is 0.261 e. The van der Waals surface area contributed by atoms with Gasteiger partial charge in [-0.15, -0.1) is 0 Å². The van der Waals surface area contributed by atoms with Crippen molar-refractivity contribution < 1.29 is 4.79 Å². The molecule has 2 aromatic rings. The van der Waals surface area contributed by atoms with Gasteiger partial charge >= 0.3 is 0 Å². The Balaban J connectivity index is 2.01. The molecule has 5 nitrogen and oxygen atoms in total. The van der Waals surface area contributed by atoms with Crippen LogP contribution in [-0.4, -0.2) is 26.4 Å². The lowest BCUT2D eigenvalue weighted by atomic mass is 9.92. The van der Waals surface area contributed by atoms with Crippen LogP contribution >= 0.6 is 0 Å². The fourth-order valence-corrected chi connectivity index (χ4v) is 4.29. The summed E-state index contributed by atoms with van der Waals surface area (Å²) in [4.78, 5) is 32.7. The van der Waals surface area contributed by atoms with Gasteiger partial charge in [0.15, 0.2) is 0 Å². The molecule has 5 heteroatoms. The third kappa shape index (κ3) is 4.07. The number of rotatable bonds is 6. The van der Waals surface area contributed by atoms with E-state index >= 15 is 0 Å². The summed E-state index contributed by atoms with van der Waals surface area (Å²) in [7, 11) is 1.77. The highest BCUT2D eigenvalue weighted by atomic mass is 16.2. The lowest BCUT2D eigenvalue weighted by Crippen LogP contribution is -2.44. The van der Waals surface area contributed by atoms with Crippen LogP contribution < -0.4 is 5.56 Å². The van der Waals surface area contributed by atoms with Crippen molar-refractivity contribution in [1.29, 1.82) is 0 Å². The Hall–Kier alpha value is -2.17. The van der Waals surface area contributed by atoms with Gasteiger partial charge in [0.05, 0.1) is 16.9 Å². The van der Waals surface area contributed by atoms with Crippen LogP contribution in [0.4, 0.5) is 0 Å². The molecule has 0 radical (unpaired) electrons. The number of carbonyl (C=O) groups is 1. The Morgan fingerprint density at radius 1 is 1.26 bits per heavy atom. The maximum atomic E-state index is 13.1. The Morgan fingerprint density at radius 3 is 2.67 bits per heavy atom. The molecule has 146 valence electrons. The molecule has 0 aliphatic heterocycles. The number of benzene rings is 1. The second kappa shape index (κ2) is 8.68. The minimum absolute atomic E-state index is 0.0490. The third-order valence-corrected chi connectivity index (χ3v) is 5.81. The molecule has 0 saturated heterocycles. The van der Waals surface area contributed by atoms with Crippen LogP contribution in [-0.2, 0) is 11.8 Å². The van der Waals surface area contributed by atoms with Crippen molar-refractivity contribution in [3.63, 3.8) is 0 Å². The number of hydrogen-bond donors (Lipinski definition) is 0. The van der Waals surface area contributed by atoms with Crippen LogP contribution in [0.1, 0.15) is 77.1 Å². The quantitative estimate of drug-likeness (QED) is 0.761. The minimum atomic E-state index is -0.209. The van der Waals surface area contributed by atoms with E-state index in [2.05, 4.69) is 6.92 Å². The first kappa shape index (κ1) is 19.6. The standard InChI is InChI=1S/C22H31N3O2/c1-4-5-15-20(26)25(17-11-7-6-8-12-17)16(2)21-23-19-14-10-9-13-18(19)22(27)24(21)3/h9-10,13-14,16-17H,4-8,11-12,15H2,1-3H3. The summed E-state index contributed by atoms with van der Waals surface area (Å²) < 4.78 is 1.62. The molecule has 3 rings (SSSR count). The minimum Gasteiger partial charge on any atom is -0.330 e. The van der Waals surface area contributed by atoms with Crippen LogP contribution in [0, 0.1) is 0 Å². The van der Waals surface area contributed by atoms with Gasteiger partial charge in [0.2, 0.25) is 5.91 Å². The average molecular weight is 370 g/mol. The van der Waals surface area contributed by atoms with Gasteiger partial charge in [0, 0.05) is 19.5 Å². The van der Waals surface area contributed by atoms with Crippen molar-refractivity contribution >= 4 is 16.8 Å². The van der Waals surface area contributed by atoms with Crippen LogP contribution in [0.15, 0.2) is 29.1 Å². The molecule has 1 fully saturated rings. The first-order valence-corrected chi connectivity index (χ1v) is 10.3. The molecule has 0 N–H and O–H groups in total. The second-order valence-corrected chi connectivity index (χ2v) is 7.72. The molecule has 0 bridgehead atoms. The number of nitrogens with zero attached hydrogens (tertiary/aromatic N) is 3. The summed E-state index contributed by atoms with van der Waals surface area (Å²) in [5.41, 5.74) is 0.652. The van der Waals surface area contributed by atoms with Gasteiger partial charge < -0.3 is 4.90 Å². The van der Waals surface area contributed by atoms with E-state index in [4.69, 9.17) is 4.98 Å². The van der Waals surface area contributed by atoms with Gasteiger partial charge in [-0.1, -0.05) is 44.7 Å². The fourth-order valence-electron chi connectivity index (χ4n) is 4.29. The predicted octanol–water partition coefficient (Wildman–Crippen LogP) is 4.35. The van der Waals surface area contributed by atoms with Crippen LogP contribution in [0.5, 0.6) is 0 Å².